The monoisotopic (exact) mass is 627 g/mol. The lowest BCUT2D eigenvalue weighted by Crippen LogP contribution is -2.34. The van der Waals surface area contributed by atoms with Crippen molar-refractivity contribution in [3.05, 3.63) is 83.8 Å². The largest absolute Gasteiger partial charge is 0.466 e. The molecule has 12 heteroatoms. The number of aromatic amines is 1. The average molecular weight is 628 g/mol. The van der Waals surface area contributed by atoms with Crippen LogP contribution in [0.3, 0.4) is 0 Å². The molecule has 2 heterocycles. The zero-order valence-corrected chi connectivity index (χ0v) is 26.3. The molecular weight excluding hydrogens is 586 g/mol. The fraction of sp³-hybridized carbons (Fsp3) is 0.353. The molecule has 0 aliphatic carbocycles. The third kappa shape index (κ3) is 10.4. The fourth-order valence-electron chi connectivity index (χ4n) is 4.63. The molecule has 4 aromatic rings. The van der Waals surface area contributed by atoms with E-state index in [0.717, 1.165) is 48.3 Å². The van der Waals surface area contributed by atoms with Crippen molar-refractivity contribution in [1.82, 2.24) is 20.4 Å². The van der Waals surface area contributed by atoms with Crippen molar-refractivity contribution in [2.24, 2.45) is 5.10 Å². The van der Waals surface area contributed by atoms with Crippen LogP contribution in [0.5, 0.6) is 0 Å². The highest BCUT2D eigenvalue weighted by atomic mass is 16.6. The van der Waals surface area contributed by atoms with Gasteiger partial charge in [0.25, 0.3) is 5.91 Å². The lowest BCUT2D eigenvalue weighted by atomic mass is 10.1. The van der Waals surface area contributed by atoms with Crippen molar-refractivity contribution in [3.63, 3.8) is 0 Å². The van der Waals surface area contributed by atoms with Crippen LogP contribution in [0.4, 0.5) is 16.3 Å². The van der Waals surface area contributed by atoms with Gasteiger partial charge in [0.15, 0.2) is 0 Å². The van der Waals surface area contributed by atoms with E-state index in [4.69, 9.17) is 14.5 Å². The van der Waals surface area contributed by atoms with Crippen molar-refractivity contribution in [2.45, 2.75) is 52.4 Å². The molecule has 0 aliphatic rings. The zero-order valence-electron chi connectivity index (χ0n) is 26.3. The van der Waals surface area contributed by atoms with Crippen molar-refractivity contribution in [2.75, 3.05) is 36.5 Å². The number of benzene rings is 2. The third-order valence-electron chi connectivity index (χ3n) is 7.00. The van der Waals surface area contributed by atoms with E-state index in [2.05, 4.69) is 32.7 Å². The molecule has 2 aromatic carbocycles. The van der Waals surface area contributed by atoms with Gasteiger partial charge < -0.3 is 19.8 Å². The summed E-state index contributed by atoms with van der Waals surface area (Å²) in [5.41, 5.74) is 6.07. The summed E-state index contributed by atoms with van der Waals surface area (Å²) in [5.74, 6) is 0.582. The number of rotatable bonds is 17. The Kier molecular flexibility index (Phi) is 13.1. The lowest BCUT2D eigenvalue weighted by Gasteiger charge is -2.21. The first-order chi connectivity index (χ1) is 22.5. The maximum Gasteiger partial charge on any atom is 0.427 e. The van der Waals surface area contributed by atoms with Crippen LogP contribution in [0.2, 0.25) is 0 Å². The van der Waals surface area contributed by atoms with E-state index < -0.39 is 6.09 Å². The number of anilines is 2. The van der Waals surface area contributed by atoms with Crippen LogP contribution in [0.15, 0.2) is 72.0 Å². The standard InChI is InChI=1S/C34H41N7O5/c1-3-5-6-9-22-46-34(44)40-37-24-25-11-14-27(15-12-25)35-20-17-30-38-28-16-13-26(23-29(28)39-30)33(43)41(21-18-32(42)45-4-2)31-10-7-8-19-36-31/h7-8,10-16,19,23-24,35H,3-6,9,17-18,20-22H2,1-2H3,(H,38,39)(H,40,44). The van der Waals surface area contributed by atoms with Crippen LogP contribution in [0, 0.1) is 0 Å². The van der Waals surface area contributed by atoms with Gasteiger partial charge in [0, 0.05) is 37.0 Å². The Labute approximate surface area is 268 Å². The van der Waals surface area contributed by atoms with Gasteiger partial charge >= 0.3 is 12.1 Å². The number of nitrogens with one attached hydrogen (secondary N) is 3. The Balaban J connectivity index is 1.28. The second-order valence-electron chi connectivity index (χ2n) is 10.5. The molecule has 0 fully saturated rings. The minimum Gasteiger partial charge on any atom is -0.466 e. The predicted octanol–water partition coefficient (Wildman–Crippen LogP) is 5.85. The molecule has 0 unspecified atom stereocenters. The minimum atomic E-state index is -0.558. The maximum atomic E-state index is 13.5. The van der Waals surface area contributed by atoms with Gasteiger partial charge in [-0.3, -0.25) is 14.5 Å². The Morgan fingerprint density at radius 2 is 1.85 bits per heavy atom. The number of aromatic nitrogens is 3. The van der Waals surface area contributed by atoms with Gasteiger partial charge in [-0.2, -0.15) is 5.10 Å². The highest BCUT2D eigenvalue weighted by Gasteiger charge is 2.21. The maximum absolute atomic E-state index is 13.5. The molecule has 4 rings (SSSR count). The number of hydrogen-bond acceptors (Lipinski definition) is 9. The number of imidazole rings is 1. The molecule has 0 bridgehead atoms. The molecule has 0 spiro atoms. The molecule has 2 amide bonds. The van der Waals surface area contributed by atoms with Crippen molar-refractivity contribution >= 4 is 46.7 Å². The van der Waals surface area contributed by atoms with E-state index in [0.29, 0.717) is 36.5 Å². The van der Waals surface area contributed by atoms with Crippen molar-refractivity contribution in [3.8, 4) is 0 Å². The van der Waals surface area contributed by atoms with Crippen LogP contribution < -0.4 is 15.6 Å². The van der Waals surface area contributed by atoms with Crippen LogP contribution in [-0.2, 0) is 20.7 Å². The Morgan fingerprint density at radius 3 is 2.61 bits per heavy atom. The number of ether oxygens (including phenoxy) is 2. The van der Waals surface area contributed by atoms with Gasteiger partial charge in [-0.15, -0.1) is 0 Å². The number of carbonyl (C=O) groups excluding carboxylic acids is 3. The second-order valence-corrected chi connectivity index (χ2v) is 10.5. The van der Waals surface area contributed by atoms with Crippen LogP contribution in [-0.4, -0.2) is 65.4 Å². The quantitative estimate of drug-likeness (QED) is 0.0571. The number of carbonyl (C=O) groups is 3. The summed E-state index contributed by atoms with van der Waals surface area (Å²) in [4.78, 5) is 51.0. The fourth-order valence-corrected chi connectivity index (χ4v) is 4.63. The summed E-state index contributed by atoms with van der Waals surface area (Å²) in [5, 5.41) is 7.32. The normalized spacial score (nSPS) is 11.0. The van der Waals surface area contributed by atoms with E-state index >= 15 is 0 Å². The van der Waals surface area contributed by atoms with Gasteiger partial charge in [-0.05, 0) is 61.4 Å². The van der Waals surface area contributed by atoms with E-state index in [1.807, 2.05) is 30.3 Å². The number of fused-ring (bicyclic) bond motifs is 1. The molecule has 242 valence electrons. The van der Waals surface area contributed by atoms with Crippen molar-refractivity contribution < 1.29 is 23.9 Å². The third-order valence-corrected chi connectivity index (χ3v) is 7.00. The lowest BCUT2D eigenvalue weighted by molar-refractivity contribution is -0.142. The number of hydrogen-bond donors (Lipinski definition) is 3. The minimum absolute atomic E-state index is 0.0568. The molecule has 0 atom stereocenters. The molecular formula is C34H41N7O5. The molecule has 2 aromatic heterocycles. The van der Waals surface area contributed by atoms with Gasteiger partial charge in [-0.25, -0.2) is 20.2 Å². The average Bonchev–Trinajstić information content (AvgIpc) is 3.48. The van der Waals surface area contributed by atoms with E-state index in [9.17, 15) is 14.4 Å². The molecule has 0 saturated heterocycles. The highest BCUT2D eigenvalue weighted by molar-refractivity contribution is 6.07. The molecule has 0 saturated carbocycles. The summed E-state index contributed by atoms with van der Waals surface area (Å²) in [6.45, 7) is 5.32. The number of nitrogens with zero attached hydrogens (tertiary/aromatic N) is 4. The Hall–Kier alpha value is -5.26. The molecule has 3 N–H and O–H groups in total. The first-order valence-electron chi connectivity index (χ1n) is 15.6. The van der Waals surface area contributed by atoms with E-state index in [-0.39, 0.29) is 31.4 Å². The van der Waals surface area contributed by atoms with Gasteiger partial charge in [0.05, 0.1) is 36.9 Å². The summed E-state index contributed by atoms with van der Waals surface area (Å²) >= 11 is 0. The van der Waals surface area contributed by atoms with Gasteiger partial charge in [0.1, 0.15) is 11.6 Å². The Morgan fingerprint density at radius 1 is 1.00 bits per heavy atom. The number of esters is 1. The second kappa shape index (κ2) is 17.9. The van der Waals surface area contributed by atoms with E-state index in [1.165, 1.54) is 4.90 Å². The number of hydrazone groups is 1. The summed E-state index contributed by atoms with van der Waals surface area (Å²) in [7, 11) is 0. The molecule has 12 nitrogen and oxygen atoms in total. The highest BCUT2D eigenvalue weighted by Crippen LogP contribution is 2.19. The first-order valence-corrected chi connectivity index (χ1v) is 15.6. The van der Waals surface area contributed by atoms with E-state index in [1.54, 1.807) is 49.7 Å². The van der Waals surface area contributed by atoms with Gasteiger partial charge in [-0.1, -0.05) is 44.4 Å². The summed E-state index contributed by atoms with van der Waals surface area (Å²) in [6.07, 6.45) is 7.46. The first kappa shape index (κ1) is 33.6. The topological polar surface area (TPSA) is 151 Å². The number of pyridine rings is 1. The molecule has 0 radical (unpaired) electrons. The number of unbranched alkanes of at least 4 members (excludes halogenated alkanes) is 3. The van der Waals surface area contributed by atoms with Crippen LogP contribution in [0.25, 0.3) is 11.0 Å². The summed E-state index contributed by atoms with van der Waals surface area (Å²) < 4.78 is 10.1. The SMILES string of the molecule is CCCCCCOC(=O)NN=Cc1ccc(NCCc2nc3cc(C(=O)N(CCC(=O)OCC)c4ccccn4)ccc3[nH]2)cc1. The number of amides is 2. The van der Waals surface area contributed by atoms with Crippen LogP contribution >= 0.6 is 0 Å². The van der Waals surface area contributed by atoms with Gasteiger partial charge in [0.2, 0.25) is 0 Å². The smallest absolute Gasteiger partial charge is 0.427 e. The number of H-pyrrole nitrogens is 1. The Bertz CT molecular complexity index is 1590. The predicted molar refractivity (Wildman–Crippen MR) is 178 cm³/mol. The molecule has 46 heavy (non-hydrogen) atoms. The summed E-state index contributed by atoms with van der Waals surface area (Å²) in [6, 6.07) is 18.3. The molecule has 0 aliphatic heterocycles. The van der Waals surface area contributed by atoms with Crippen LogP contribution in [0.1, 0.15) is 67.7 Å². The van der Waals surface area contributed by atoms with Crippen molar-refractivity contribution in [1.29, 1.82) is 0 Å². The zero-order chi connectivity index (χ0) is 32.6.